The number of allylic oxidation sites excluding steroid dienone is 11. The minimum atomic E-state index is -4.66. The molecule has 0 aromatic carbocycles. The molecule has 1 heterocycles. The minimum absolute atomic E-state index is 0.0510. The summed E-state index contributed by atoms with van der Waals surface area (Å²) in [6, 6.07) is 0. The lowest BCUT2D eigenvalue weighted by Gasteiger charge is -2.28. The van der Waals surface area contributed by atoms with Crippen molar-refractivity contribution in [1.29, 1.82) is 0 Å². The molecule has 1 aliphatic rings. The van der Waals surface area contributed by atoms with Gasteiger partial charge in [0.2, 0.25) is 0 Å². The van der Waals surface area contributed by atoms with Crippen LogP contribution in [0.4, 0.5) is 0 Å². The number of carbonyl (C=O) groups excluding carboxylic acids is 2. The molecule has 0 bridgehead atoms. The first-order valence-electron chi connectivity index (χ1n) is 24.3. The lowest BCUT2D eigenvalue weighted by Crippen LogP contribution is -2.37. The van der Waals surface area contributed by atoms with Gasteiger partial charge in [0.15, 0.2) is 6.10 Å². The van der Waals surface area contributed by atoms with Crippen molar-refractivity contribution in [2.75, 3.05) is 47.5 Å². The Labute approximate surface area is 378 Å². The number of rotatable bonds is 42. The number of likely N-dealkylation sites (N-methyl/N-ethyl adjacent to an activating group) is 1. The van der Waals surface area contributed by atoms with Crippen molar-refractivity contribution in [3.05, 3.63) is 72.9 Å². The van der Waals surface area contributed by atoms with E-state index in [0.717, 1.165) is 83.5 Å². The number of phosphoric ester groups is 1. The third kappa shape index (κ3) is 39.0. The SMILES string of the molecule is CCCCC/C=C\C/C=C\C/C=C\CC1OC1CCCC(=O)O[C@H](COC(=O)CCCCCCCC/C=C\C/C=C\C/C=C\CCCCCC)COP(=O)([O-])OCC[N+](C)(C)C. The van der Waals surface area contributed by atoms with E-state index in [1.165, 1.54) is 51.4 Å². The molecular weight excluding hydrogens is 802 g/mol. The van der Waals surface area contributed by atoms with Gasteiger partial charge in [-0.2, -0.15) is 0 Å². The Balaban J connectivity index is 2.31. The number of carbonyl (C=O) groups is 2. The molecule has 356 valence electrons. The summed E-state index contributed by atoms with van der Waals surface area (Å²) in [5, 5.41) is 0. The van der Waals surface area contributed by atoms with Crippen LogP contribution in [0.5, 0.6) is 0 Å². The number of quaternary nitrogens is 1. The van der Waals surface area contributed by atoms with Crippen LogP contribution in [0.15, 0.2) is 72.9 Å². The van der Waals surface area contributed by atoms with Crippen LogP contribution in [-0.2, 0) is 37.4 Å². The van der Waals surface area contributed by atoms with E-state index in [1.807, 2.05) is 21.1 Å². The second-order valence-electron chi connectivity index (χ2n) is 17.5. The van der Waals surface area contributed by atoms with Crippen LogP contribution in [-0.4, -0.2) is 82.2 Å². The molecule has 62 heavy (non-hydrogen) atoms. The lowest BCUT2D eigenvalue weighted by atomic mass is 10.1. The zero-order chi connectivity index (χ0) is 45.4. The van der Waals surface area contributed by atoms with Crippen LogP contribution in [0.1, 0.15) is 174 Å². The predicted molar refractivity (Wildman–Crippen MR) is 254 cm³/mol. The summed E-state index contributed by atoms with van der Waals surface area (Å²) in [6.45, 7) is 4.07. The average Bonchev–Trinajstić information content (AvgIpc) is 3.98. The van der Waals surface area contributed by atoms with Crippen molar-refractivity contribution in [3.8, 4) is 0 Å². The quantitative estimate of drug-likeness (QED) is 0.0147. The van der Waals surface area contributed by atoms with Gasteiger partial charge in [0.25, 0.3) is 7.82 Å². The third-order valence-electron chi connectivity index (χ3n) is 10.4. The van der Waals surface area contributed by atoms with E-state index in [4.69, 9.17) is 23.3 Å². The number of hydrogen-bond donors (Lipinski definition) is 0. The highest BCUT2D eigenvalue weighted by Gasteiger charge is 2.36. The molecule has 0 aliphatic carbocycles. The van der Waals surface area contributed by atoms with E-state index >= 15 is 0 Å². The van der Waals surface area contributed by atoms with Crippen LogP contribution in [0, 0.1) is 0 Å². The zero-order valence-corrected chi connectivity index (χ0v) is 40.6. The Kier molecular flexibility index (Phi) is 36.0. The molecule has 0 N–H and O–H groups in total. The molecule has 0 radical (unpaired) electrons. The second kappa shape index (κ2) is 38.8. The van der Waals surface area contributed by atoms with Crippen molar-refractivity contribution < 1.29 is 46.8 Å². The molecule has 1 aliphatic heterocycles. The van der Waals surface area contributed by atoms with Gasteiger partial charge in [-0.15, -0.1) is 0 Å². The maximum Gasteiger partial charge on any atom is 0.306 e. The molecule has 0 amide bonds. The minimum Gasteiger partial charge on any atom is -0.756 e. The second-order valence-corrected chi connectivity index (χ2v) is 18.9. The number of phosphoric acid groups is 1. The van der Waals surface area contributed by atoms with Crippen molar-refractivity contribution >= 4 is 19.8 Å². The van der Waals surface area contributed by atoms with Crippen molar-refractivity contribution in [3.63, 3.8) is 0 Å². The number of ether oxygens (including phenoxy) is 3. The van der Waals surface area contributed by atoms with Gasteiger partial charge < -0.3 is 32.6 Å². The van der Waals surface area contributed by atoms with E-state index in [0.29, 0.717) is 23.9 Å². The van der Waals surface area contributed by atoms with Crippen LogP contribution >= 0.6 is 7.82 Å². The maximum atomic E-state index is 12.8. The Hall–Kier alpha value is -2.59. The van der Waals surface area contributed by atoms with Crippen molar-refractivity contribution in [2.45, 2.75) is 193 Å². The topological polar surface area (TPSA) is 124 Å². The fourth-order valence-electron chi connectivity index (χ4n) is 6.45. The van der Waals surface area contributed by atoms with Gasteiger partial charge in [0.1, 0.15) is 19.8 Å². The van der Waals surface area contributed by atoms with Gasteiger partial charge in [-0.05, 0) is 89.9 Å². The van der Waals surface area contributed by atoms with Crippen LogP contribution in [0.2, 0.25) is 0 Å². The standard InChI is InChI=1S/C51H88NO9P/c1-6-8-10-12-14-16-18-20-21-22-23-24-25-26-27-29-31-33-35-37-41-50(53)57-45-47(46-59-62(55,56)58-44-43-52(3,4)5)60-51(54)42-38-40-49-48(61-49)39-36-34-32-30-28-19-17-15-13-11-9-7-2/h15-18,21-22,24-25,28,30,34,36,47-49H,6-14,19-20,23,26-27,29,31-33,35,37-46H2,1-5H3/b17-15-,18-16-,22-21-,25-24-,30-28-,36-34-/t47-,48?,49?/m1/s1. The largest absolute Gasteiger partial charge is 0.756 e. The predicted octanol–water partition coefficient (Wildman–Crippen LogP) is 12.5. The van der Waals surface area contributed by atoms with Crippen LogP contribution < -0.4 is 4.89 Å². The maximum absolute atomic E-state index is 12.8. The highest BCUT2D eigenvalue weighted by Crippen LogP contribution is 2.38. The lowest BCUT2D eigenvalue weighted by molar-refractivity contribution is -0.870. The van der Waals surface area contributed by atoms with Gasteiger partial charge in [0.05, 0.1) is 40.0 Å². The summed E-state index contributed by atoms with van der Waals surface area (Å²) in [4.78, 5) is 37.8. The molecular formula is C51H88NO9P. The van der Waals surface area contributed by atoms with Gasteiger partial charge in [-0.25, -0.2) is 0 Å². The van der Waals surface area contributed by atoms with Gasteiger partial charge in [-0.3, -0.25) is 14.2 Å². The van der Waals surface area contributed by atoms with E-state index in [9.17, 15) is 19.0 Å². The zero-order valence-electron chi connectivity index (χ0n) is 39.7. The molecule has 11 heteroatoms. The molecule has 0 spiro atoms. The highest BCUT2D eigenvalue weighted by atomic mass is 31.2. The third-order valence-corrected chi connectivity index (χ3v) is 11.3. The molecule has 0 saturated carbocycles. The molecule has 4 atom stereocenters. The number of esters is 2. The van der Waals surface area contributed by atoms with E-state index in [-0.39, 0.29) is 38.3 Å². The molecule has 0 aromatic heterocycles. The Morgan fingerprint density at radius 1 is 0.597 bits per heavy atom. The summed E-state index contributed by atoms with van der Waals surface area (Å²) >= 11 is 0. The van der Waals surface area contributed by atoms with Gasteiger partial charge in [-0.1, -0.05) is 145 Å². The molecule has 3 unspecified atom stereocenters. The Bertz CT molecular complexity index is 1350. The normalized spacial score (nSPS) is 17.4. The summed E-state index contributed by atoms with van der Waals surface area (Å²) in [5.41, 5.74) is 0. The van der Waals surface area contributed by atoms with Crippen molar-refractivity contribution in [1.82, 2.24) is 0 Å². The molecule has 1 rings (SSSR count). The average molecular weight is 890 g/mol. The number of hydrogen-bond acceptors (Lipinski definition) is 9. The van der Waals surface area contributed by atoms with E-state index in [1.54, 1.807) is 0 Å². The molecule has 1 fully saturated rings. The van der Waals surface area contributed by atoms with Gasteiger partial charge >= 0.3 is 11.9 Å². The molecule has 1 saturated heterocycles. The van der Waals surface area contributed by atoms with E-state index in [2.05, 4.69) is 86.8 Å². The van der Waals surface area contributed by atoms with E-state index < -0.39 is 32.5 Å². The summed E-state index contributed by atoms with van der Waals surface area (Å²) in [5.74, 6) is -0.930. The monoisotopic (exact) mass is 890 g/mol. The Morgan fingerprint density at radius 3 is 1.66 bits per heavy atom. The smallest absolute Gasteiger partial charge is 0.306 e. The van der Waals surface area contributed by atoms with Crippen LogP contribution in [0.25, 0.3) is 0 Å². The highest BCUT2D eigenvalue weighted by molar-refractivity contribution is 7.45. The molecule has 10 nitrogen and oxygen atoms in total. The summed E-state index contributed by atoms with van der Waals surface area (Å²) in [7, 11) is 1.10. The number of epoxide rings is 1. The Morgan fingerprint density at radius 2 is 1.08 bits per heavy atom. The summed E-state index contributed by atoms with van der Waals surface area (Å²) in [6.07, 6.45) is 50.9. The number of unbranched alkanes of at least 4 members (excludes halogenated alkanes) is 13. The van der Waals surface area contributed by atoms with Gasteiger partial charge in [0, 0.05) is 12.8 Å². The van der Waals surface area contributed by atoms with Crippen molar-refractivity contribution in [2.24, 2.45) is 0 Å². The first kappa shape index (κ1) is 57.4. The number of nitrogens with zero attached hydrogens (tertiary/aromatic N) is 1. The first-order valence-corrected chi connectivity index (χ1v) is 25.7. The fraction of sp³-hybridized carbons (Fsp3) is 0.725. The van der Waals surface area contributed by atoms with Crippen LogP contribution in [0.3, 0.4) is 0 Å². The summed E-state index contributed by atoms with van der Waals surface area (Å²) < 4.78 is 39.8. The molecule has 0 aromatic rings. The fourth-order valence-corrected chi connectivity index (χ4v) is 7.18. The first-order chi connectivity index (χ1) is 30.0.